The molecule has 1 aliphatic rings. The number of hydrogen-bond acceptors (Lipinski definition) is 4. The van der Waals surface area contributed by atoms with Gasteiger partial charge in [0, 0.05) is 22.9 Å². The Labute approximate surface area is 172 Å². The largest absolute Gasteiger partial charge is 0.326 e. The van der Waals surface area contributed by atoms with Gasteiger partial charge >= 0.3 is 0 Å². The van der Waals surface area contributed by atoms with Crippen LogP contribution in [0.2, 0.25) is 5.02 Å². The average molecular weight is 415 g/mol. The second-order valence-corrected chi connectivity index (χ2v) is 8.57. The van der Waals surface area contributed by atoms with E-state index in [4.69, 9.17) is 11.6 Å². The number of nitrogens with zero attached hydrogens (tertiary/aromatic N) is 1. The van der Waals surface area contributed by atoms with E-state index >= 15 is 0 Å². The highest BCUT2D eigenvalue weighted by Crippen LogP contribution is 2.40. The molecule has 3 rings (SSSR count). The van der Waals surface area contributed by atoms with E-state index in [0.29, 0.717) is 32.4 Å². The van der Waals surface area contributed by atoms with E-state index < -0.39 is 0 Å². The number of halogens is 1. The quantitative estimate of drug-likeness (QED) is 0.718. The first-order valence-corrected chi connectivity index (χ1v) is 9.97. The number of carbonyl (C=O) groups excluding carboxylic acids is 3. The van der Waals surface area contributed by atoms with Gasteiger partial charge in [0.1, 0.15) is 0 Å². The minimum Gasteiger partial charge on any atom is -0.326 e. The lowest BCUT2D eigenvalue weighted by Gasteiger charge is -2.15. The molecule has 0 fully saturated rings. The average Bonchev–Trinajstić information content (AvgIpc) is 2.86. The minimum atomic E-state index is -0.372. The van der Waals surface area contributed by atoms with E-state index in [1.165, 1.54) is 23.6 Å². The van der Waals surface area contributed by atoms with Gasteiger partial charge in [0.2, 0.25) is 5.91 Å². The summed E-state index contributed by atoms with van der Waals surface area (Å²) >= 11 is 7.30. The molecule has 144 valence electrons. The lowest BCUT2D eigenvalue weighted by molar-refractivity contribution is -0.120. The maximum atomic E-state index is 13.2. The lowest BCUT2D eigenvalue weighted by atomic mass is 10.1. The van der Waals surface area contributed by atoms with E-state index in [-0.39, 0.29) is 23.0 Å². The van der Waals surface area contributed by atoms with Gasteiger partial charge in [-0.1, -0.05) is 37.6 Å². The number of imide groups is 1. The third-order valence-corrected chi connectivity index (χ3v) is 5.31. The van der Waals surface area contributed by atoms with Crippen molar-refractivity contribution < 1.29 is 14.4 Å². The van der Waals surface area contributed by atoms with Crippen LogP contribution in [0.3, 0.4) is 0 Å². The fourth-order valence-corrected chi connectivity index (χ4v) is 3.97. The first kappa shape index (κ1) is 20.2. The molecule has 1 N–H and O–H groups in total. The first-order chi connectivity index (χ1) is 13.3. The maximum Gasteiger partial charge on any atom is 0.272 e. The van der Waals surface area contributed by atoms with E-state index in [0.717, 1.165) is 0 Å². The molecule has 0 unspecified atom stereocenters. The fraction of sp³-hybridized carbons (Fsp3) is 0.190. The van der Waals surface area contributed by atoms with E-state index in [1.54, 1.807) is 48.5 Å². The van der Waals surface area contributed by atoms with E-state index in [9.17, 15) is 14.4 Å². The summed E-state index contributed by atoms with van der Waals surface area (Å²) in [4.78, 5) is 39.1. The molecule has 5 nitrogen and oxygen atoms in total. The zero-order chi connectivity index (χ0) is 20.4. The van der Waals surface area contributed by atoms with Crippen molar-refractivity contribution in [2.45, 2.75) is 26.0 Å². The summed E-state index contributed by atoms with van der Waals surface area (Å²) in [7, 11) is 0. The maximum absolute atomic E-state index is 13.2. The molecule has 1 aliphatic heterocycles. The Hall–Kier alpha value is -2.57. The van der Waals surface area contributed by atoms with Gasteiger partial charge in [0.05, 0.1) is 16.2 Å². The van der Waals surface area contributed by atoms with Crippen molar-refractivity contribution in [2.24, 2.45) is 0 Å². The molecule has 3 amide bonds. The Morgan fingerprint density at radius 2 is 1.61 bits per heavy atom. The fourth-order valence-electron chi connectivity index (χ4n) is 2.86. The summed E-state index contributed by atoms with van der Waals surface area (Å²) in [6.07, 6.45) is 0. The van der Waals surface area contributed by atoms with Crippen LogP contribution in [-0.2, 0) is 14.4 Å². The number of thioether (sulfide) groups is 1. The van der Waals surface area contributed by atoms with Crippen molar-refractivity contribution >= 4 is 58.0 Å². The van der Waals surface area contributed by atoms with Gasteiger partial charge < -0.3 is 5.32 Å². The van der Waals surface area contributed by atoms with Crippen LogP contribution in [0.1, 0.15) is 26.3 Å². The van der Waals surface area contributed by atoms with Crippen LogP contribution >= 0.6 is 23.4 Å². The van der Waals surface area contributed by atoms with Crippen LogP contribution in [-0.4, -0.2) is 23.0 Å². The number of hydrogen-bond donors (Lipinski definition) is 1. The van der Waals surface area contributed by atoms with Gasteiger partial charge in [-0.05, 0) is 42.0 Å². The van der Waals surface area contributed by atoms with Crippen LogP contribution in [0.15, 0.2) is 53.4 Å². The Kier molecular flexibility index (Phi) is 5.91. The van der Waals surface area contributed by atoms with Crippen molar-refractivity contribution in [1.29, 1.82) is 0 Å². The van der Waals surface area contributed by atoms with Crippen molar-refractivity contribution in [3.63, 3.8) is 0 Å². The number of carbonyl (C=O) groups is 3. The molecule has 0 saturated heterocycles. The summed E-state index contributed by atoms with van der Waals surface area (Å²) in [5.74, 6) is -0.890. The highest BCUT2D eigenvalue weighted by molar-refractivity contribution is 8.04. The van der Waals surface area contributed by atoms with Crippen molar-refractivity contribution in [1.82, 2.24) is 0 Å². The van der Waals surface area contributed by atoms with Crippen molar-refractivity contribution in [2.75, 3.05) is 10.2 Å². The Morgan fingerprint density at radius 1 is 1.00 bits per heavy atom. The molecular weight excluding hydrogens is 396 g/mol. The molecule has 2 aromatic rings. The van der Waals surface area contributed by atoms with Gasteiger partial charge in [-0.25, -0.2) is 4.90 Å². The summed E-state index contributed by atoms with van der Waals surface area (Å²) in [5.41, 5.74) is 2.10. The molecule has 28 heavy (non-hydrogen) atoms. The van der Waals surface area contributed by atoms with Gasteiger partial charge in [-0.3, -0.25) is 14.4 Å². The van der Waals surface area contributed by atoms with Gasteiger partial charge in [0.15, 0.2) is 0 Å². The lowest BCUT2D eigenvalue weighted by Crippen LogP contribution is -2.31. The van der Waals surface area contributed by atoms with Crippen molar-refractivity contribution in [3.8, 4) is 0 Å². The second kappa shape index (κ2) is 8.20. The van der Waals surface area contributed by atoms with Gasteiger partial charge in [-0.15, -0.1) is 11.8 Å². The molecule has 0 spiro atoms. The Morgan fingerprint density at radius 3 is 2.14 bits per heavy atom. The first-order valence-electron chi connectivity index (χ1n) is 8.71. The summed E-state index contributed by atoms with van der Waals surface area (Å²) in [6.45, 7) is 5.37. The standard InChI is InChI=1S/C21H19ClN2O3S/c1-12(2)28-19-18(14-4-8-16(9-5-14)23-13(3)25)20(26)24(21(19)27)17-10-6-15(22)7-11-17/h4-12H,1-3H3,(H,23,25). The van der Waals surface area contributed by atoms with Crippen LogP contribution in [0.4, 0.5) is 11.4 Å². The third-order valence-electron chi connectivity index (χ3n) is 3.97. The SMILES string of the molecule is CC(=O)Nc1ccc(C2=C(SC(C)C)C(=O)N(c3ccc(Cl)cc3)C2=O)cc1. The molecule has 0 bridgehead atoms. The number of rotatable bonds is 5. The summed E-state index contributed by atoms with van der Waals surface area (Å²) < 4.78 is 0. The molecular formula is C21H19ClN2O3S. The third kappa shape index (κ3) is 4.13. The minimum absolute atomic E-state index is 0.130. The Balaban J connectivity index is 2.03. The predicted molar refractivity (Wildman–Crippen MR) is 114 cm³/mol. The number of benzene rings is 2. The monoisotopic (exact) mass is 414 g/mol. The van der Waals surface area contributed by atoms with Crippen LogP contribution in [0.5, 0.6) is 0 Å². The Bertz CT molecular complexity index is 966. The van der Waals surface area contributed by atoms with E-state index in [2.05, 4.69) is 5.32 Å². The molecule has 0 radical (unpaired) electrons. The highest BCUT2D eigenvalue weighted by atomic mass is 35.5. The zero-order valence-electron chi connectivity index (χ0n) is 15.7. The van der Waals surface area contributed by atoms with Crippen molar-refractivity contribution in [3.05, 3.63) is 64.0 Å². The van der Waals surface area contributed by atoms with Crippen LogP contribution in [0.25, 0.3) is 5.57 Å². The topological polar surface area (TPSA) is 66.5 Å². The smallest absolute Gasteiger partial charge is 0.272 e. The molecule has 0 aromatic heterocycles. The predicted octanol–water partition coefficient (Wildman–Crippen LogP) is 4.72. The molecule has 2 aromatic carbocycles. The van der Waals surface area contributed by atoms with Gasteiger partial charge in [0.25, 0.3) is 11.8 Å². The van der Waals surface area contributed by atoms with Gasteiger partial charge in [-0.2, -0.15) is 0 Å². The molecule has 0 atom stereocenters. The number of anilines is 2. The van der Waals surface area contributed by atoms with E-state index in [1.807, 2.05) is 13.8 Å². The second-order valence-electron chi connectivity index (χ2n) is 6.55. The molecule has 1 heterocycles. The highest BCUT2D eigenvalue weighted by Gasteiger charge is 2.40. The number of nitrogens with one attached hydrogen (secondary N) is 1. The molecule has 7 heteroatoms. The molecule has 0 aliphatic carbocycles. The summed E-state index contributed by atoms with van der Waals surface area (Å²) in [5, 5.41) is 3.35. The molecule has 0 saturated carbocycles. The number of amides is 3. The zero-order valence-corrected chi connectivity index (χ0v) is 17.2. The normalized spacial score (nSPS) is 14.2. The summed E-state index contributed by atoms with van der Waals surface area (Å²) in [6, 6.07) is 13.5. The van der Waals surface area contributed by atoms with Crippen LogP contribution < -0.4 is 10.2 Å². The van der Waals surface area contributed by atoms with Crippen LogP contribution in [0, 0.1) is 0 Å².